The second kappa shape index (κ2) is 11.2. The van der Waals surface area contributed by atoms with Gasteiger partial charge in [0, 0.05) is 30.8 Å². The Bertz CT molecular complexity index is 858. The smallest absolute Gasteiger partial charge is 0.261 e. The van der Waals surface area contributed by atoms with Gasteiger partial charge in [-0.2, -0.15) is 0 Å². The van der Waals surface area contributed by atoms with Crippen LogP contribution in [0.4, 0.5) is 0 Å². The third kappa shape index (κ3) is 7.20. The Morgan fingerprint density at radius 1 is 0.935 bits per heavy atom. The first-order valence-corrected chi connectivity index (χ1v) is 10.2. The second-order valence-electron chi connectivity index (χ2n) is 7.68. The van der Waals surface area contributed by atoms with Crippen LogP contribution in [0.1, 0.15) is 31.9 Å². The lowest BCUT2D eigenvalue weighted by Gasteiger charge is -2.29. The highest BCUT2D eigenvalue weighted by Gasteiger charge is 2.27. The fraction of sp³-hybridized carbons (Fsp3) is 0.417. The van der Waals surface area contributed by atoms with E-state index in [1.807, 2.05) is 45.0 Å². The summed E-state index contributed by atoms with van der Waals surface area (Å²) in [5, 5.41) is 2.87. The molecule has 168 valence electrons. The van der Waals surface area contributed by atoms with E-state index >= 15 is 0 Å². The van der Waals surface area contributed by atoms with Gasteiger partial charge in [0.2, 0.25) is 5.91 Å². The summed E-state index contributed by atoms with van der Waals surface area (Å²) >= 11 is 0. The molecule has 2 amide bonds. The van der Waals surface area contributed by atoms with Gasteiger partial charge in [0.05, 0.1) is 14.2 Å². The molecule has 1 unspecified atom stereocenters. The standard InChI is InChI=1S/C24H32N2O5/c1-16(2)25-24(28)18(4)26(14-19-9-7-17(3)8-10-19)23(27)15-31-22-12-20(29-5)11-21(13-22)30-6/h7-13,16,18H,14-15H2,1-6H3,(H,25,28). The van der Waals surface area contributed by atoms with Crippen LogP contribution in [0.5, 0.6) is 17.2 Å². The SMILES string of the molecule is COc1cc(OC)cc(OCC(=O)N(Cc2ccc(C)cc2)C(C)C(=O)NC(C)C)c1. The molecular formula is C24H32N2O5. The van der Waals surface area contributed by atoms with E-state index in [2.05, 4.69) is 5.32 Å². The van der Waals surface area contributed by atoms with Gasteiger partial charge >= 0.3 is 0 Å². The van der Waals surface area contributed by atoms with Crippen molar-refractivity contribution in [2.24, 2.45) is 0 Å². The number of carbonyl (C=O) groups excluding carboxylic acids is 2. The fourth-order valence-corrected chi connectivity index (χ4v) is 2.97. The molecule has 2 aromatic carbocycles. The van der Waals surface area contributed by atoms with Crippen molar-refractivity contribution in [1.82, 2.24) is 10.2 Å². The Morgan fingerprint density at radius 3 is 2.00 bits per heavy atom. The molecule has 2 aromatic rings. The normalized spacial score (nSPS) is 11.6. The summed E-state index contributed by atoms with van der Waals surface area (Å²) in [5.41, 5.74) is 2.06. The van der Waals surface area contributed by atoms with Crippen LogP contribution in [-0.2, 0) is 16.1 Å². The Balaban J connectivity index is 2.18. The quantitative estimate of drug-likeness (QED) is 0.628. The number of rotatable bonds is 10. The van der Waals surface area contributed by atoms with Crippen LogP contribution >= 0.6 is 0 Å². The van der Waals surface area contributed by atoms with E-state index in [1.54, 1.807) is 39.3 Å². The Labute approximate surface area is 184 Å². The predicted molar refractivity (Wildman–Crippen MR) is 120 cm³/mol. The number of methoxy groups -OCH3 is 2. The molecule has 1 atom stereocenters. The Morgan fingerprint density at radius 2 is 1.48 bits per heavy atom. The van der Waals surface area contributed by atoms with Crippen LogP contribution in [0.15, 0.2) is 42.5 Å². The predicted octanol–water partition coefficient (Wildman–Crippen LogP) is 3.33. The lowest BCUT2D eigenvalue weighted by molar-refractivity contribution is -0.142. The van der Waals surface area contributed by atoms with Gasteiger partial charge in [0.25, 0.3) is 5.91 Å². The maximum absolute atomic E-state index is 13.1. The van der Waals surface area contributed by atoms with Gasteiger partial charge in [0.15, 0.2) is 6.61 Å². The molecular weight excluding hydrogens is 396 g/mol. The zero-order valence-corrected chi connectivity index (χ0v) is 19.1. The lowest BCUT2D eigenvalue weighted by atomic mass is 10.1. The molecule has 0 aliphatic rings. The van der Waals surface area contributed by atoms with Crippen LogP contribution in [0, 0.1) is 6.92 Å². The summed E-state index contributed by atoms with van der Waals surface area (Å²) in [7, 11) is 3.09. The zero-order valence-electron chi connectivity index (χ0n) is 19.1. The first kappa shape index (κ1) is 24.1. The molecule has 7 nitrogen and oxygen atoms in total. The van der Waals surface area contributed by atoms with Crippen molar-refractivity contribution >= 4 is 11.8 Å². The third-order valence-electron chi connectivity index (χ3n) is 4.76. The molecule has 31 heavy (non-hydrogen) atoms. The number of amides is 2. The van der Waals surface area contributed by atoms with Crippen LogP contribution in [0.25, 0.3) is 0 Å². The molecule has 0 bridgehead atoms. The van der Waals surface area contributed by atoms with Gasteiger partial charge < -0.3 is 24.4 Å². The van der Waals surface area contributed by atoms with E-state index in [4.69, 9.17) is 14.2 Å². The number of ether oxygens (including phenoxy) is 3. The second-order valence-corrected chi connectivity index (χ2v) is 7.68. The number of benzene rings is 2. The van der Waals surface area contributed by atoms with Crippen LogP contribution in [0.2, 0.25) is 0 Å². The minimum atomic E-state index is -0.653. The molecule has 0 radical (unpaired) electrons. The van der Waals surface area contributed by atoms with Crippen molar-refractivity contribution in [3.63, 3.8) is 0 Å². The molecule has 1 N–H and O–H groups in total. The summed E-state index contributed by atoms with van der Waals surface area (Å²) in [6.07, 6.45) is 0. The monoisotopic (exact) mass is 428 g/mol. The van der Waals surface area contributed by atoms with Gasteiger partial charge in [-0.15, -0.1) is 0 Å². The highest BCUT2D eigenvalue weighted by molar-refractivity contribution is 5.88. The largest absolute Gasteiger partial charge is 0.496 e. The highest BCUT2D eigenvalue weighted by atomic mass is 16.5. The molecule has 0 aromatic heterocycles. The summed E-state index contributed by atoms with van der Waals surface area (Å²) in [4.78, 5) is 27.2. The lowest BCUT2D eigenvalue weighted by Crippen LogP contribution is -2.50. The summed E-state index contributed by atoms with van der Waals surface area (Å²) < 4.78 is 16.2. The molecule has 2 rings (SSSR count). The van der Waals surface area contributed by atoms with Gasteiger partial charge in [-0.25, -0.2) is 0 Å². The van der Waals surface area contributed by atoms with E-state index in [9.17, 15) is 9.59 Å². The number of carbonyl (C=O) groups is 2. The van der Waals surface area contributed by atoms with Crippen molar-refractivity contribution in [2.45, 2.75) is 46.3 Å². The molecule has 0 saturated heterocycles. The average Bonchev–Trinajstić information content (AvgIpc) is 2.75. The maximum Gasteiger partial charge on any atom is 0.261 e. The fourth-order valence-electron chi connectivity index (χ4n) is 2.97. The van der Waals surface area contributed by atoms with Crippen LogP contribution in [0.3, 0.4) is 0 Å². The van der Waals surface area contributed by atoms with E-state index in [1.165, 1.54) is 4.90 Å². The van der Waals surface area contributed by atoms with E-state index in [0.717, 1.165) is 11.1 Å². The van der Waals surface area contributed by atoms with Crippen LogP contribution in [-0.4, -0.2) is 49.6 Å². The first-order valence-electron chi connectivity index (χ1n) is 10.2. The molecule has 7 heteroatoms. The van der Waals surface area contributed by atoms with Crippen molar-refractivity contribution in [1.29, 1.82) is 0 Å². The molecule has 0 fully saturated rings. The minimum absolute atomic E-state index is 0.0215. The van der Waals surface area contributed by atoms with Crippen molar-refractivity contribution in [2.75, 3.05) is 20.8 Å². The van der Waals surface area contributed by atoms with E-state index in [0.29, 0.717) is 23.8 Å². The number of hydrogen-bond donors (Lipinski definition) is 1. The molecule has 0 aliphatic carbocycles. The number of hydrogen-bond acceptors (Lipinski definition) is 5. The third-order valence-corrected chi connectivity index (χ3v) is 4.76. The molecule has 0 saturated carbocycles. The van der Waals surface area contributed by atoms with Crippen molar-refractivity contribution in [3.05, 3.63) is 53.6 Å². The molecule has 0 aliphatic heterocycles. The van der Waals surface area contributed by atoms with E-state index in [-0.39, 0.29) is 24.5 Å². The summed E-state index contributed by atoms with van der Waals surface area (Å²) in [6, 6.07) is 12.3. The maximum atomic E-state index is 13.1. The van der Waals surface area contributed by atoms with E-state index < -0.39 is 6.04 Å². The average molecular weight is 429 g/mol. The zero-order chi connectivity index (χ0) is 23.0. The minimum Gasteiger partial charge on any atom is -0.496 e. The number of nitrogens with one attached hydrogen (secondary N) is 1. The van der Waals surface area contributed by atoms with Gasteiger partial charge in [0.1, 0.15) is 23.3 Å². The van der Waals surface area contributed by atoms with Gasteiger partial charge in [-0.3, -0.25) is 9.59 Å². The molecule has 0 heterocycles. The Kier molecular flexibility index (Phi) is 8.73. The topological polar surface area (TPSA) is 77.1 Å². The highest BCUT2D eigenvalue weighted by Crippen LogP contribution is 2.27. The Hall–Kier alpha value is -3.22. The van der Waals surface area contributed by atoms with Gasteiger partial charge in [-0.05, 0) is 33.3 Å². The van der Waals surface area contributed by atoms with Crippen molar-refractivity contribution < 1.29 is 23.8 Å². The number of aryl methyl sites for hydroxylation is 1. The first-order chi connectivity index (χ1) is 14.7. The summed E-state index contributed by atoms with van der Waals surface area (Å²) in [6.45, 7) is 7.57. The number of nitrogens with zero attached hydrogens (tertiary/aromatic N) is 1. The van der Waals surface area contributed by atoms with Gasteiger partial charge in [-0.1, -0.05) is 29.8 Å². The summed E-state index contributed by atoms with van der Waals surface area (Å²) in [5.74, 6) is 1.05. The molecule has 0 spiro atoms. The van der Waals surface area contributed by atoms with Crippen molar-refractivity contribution in [3.8, 4) is 17.2 Å². The van der Waals surface area contributed by atoms with Crippen LogP contribution < -0.4 is 19.5 Å².